The number of hydrogen-bond acceptors (Lipinski definition) is 5. The number of amides is 1. The van der Waals surface area contributed by atoms with Crippen molar-refractivity contribution in [3.8, 4) is 5.75 Å². The van der Waals surface area contributed by atoms with Gasteiger partial charge in [0.05, 0.1) is 17.7 Å². The van der Waals surface area contributed by atoms with Crippen LogP contribution < -0.4 is 21.2 Å². The number of fused-ring (bicyclic) bond motifs is 1. The first-order valence-corrected chi connectivity index (χ1v) is 11.3. The highest BCUT2D eigenvalue weighted by Gasteiger charge is 2.14. The van der Waals surface area contributed by atoms with Crippen LogP contribution in [-0.2, 0) is 0 Å². The van der Waals surface area contributed by atoms with Crippen LogP contribution in [0.2, 0.25) is 0 Å². The van der Waals surface area contributed by atoms with Crippen LogP contribution in [0.25, 0.3) is 11.0 Å². The van der Waals surface area contributed by atoms with Gasteiger partial charge in [-0.3, -0.25) is 9.59 Å². The van der Waals surface area contributed by atoms with Gasteiger partial charge in [0.15, 0.2) is 16.8 Å². The number of para-hydroxylation sites is 1. The quantitative estimate of drug-likeness (QED) is 0.340. The number of carbonyl (C=O) groups is 1. The average Bonchev–Trinajstić information content (AvgIpc) is 2.85. The summed E-state index contributed by atoms with van der Waals surface area (Å²) in [6.45, 7) is 2.74. The molecule has 34 heavy (non-hydrogen) atoms. The molecule has 4 rings (SSSR count). The van der Waals surface area contributed by atoms with E-state index in [0.717, 1.165) is 6.42 Å². The van der Waals surface area contributed by atoms with E-state index in [1.165, 1.54) is 11.6 Å². The van der Waals surface area contributed by atoms with Crippen molar-refractivity contribution in [1.29, 1.82) is 0 Å². The number of rotatable bonds is 8. The Bertz CT molecular complexity index is 1380. The van der Waals surface area contributed by atoms with Gasteiger partial charge in [0.1, 0.15) is 10.7 Å². The summed E-state index contributed by atoms with van der Waals surface area (Å²) in [6.07, 6.45) is 0.882. The zero-order valence-corrected chi connectivity index (χ0v) is 19.4. The molecule has 0 bridgehead atoms. The molecule has 0 saturated carbocycles. The van der Waals surface area contributed by atoms with Gasteiger partial charge in [0, 0.05) is 11.6 Å². The fourth-order valence-corrected chi connectivity index (χ4v) is 3.70. The SMILES string of the molecule is CC(CCOc1ccc(C(=O)Nc2cccc3c(=O)cc(C(N)=S)oc23)cc1)c1ccccc1. The Hall–Kier alpha value is -3.97. The molecule has 3 N–H and O–H groups in total. The number of carbonyl (C=O) groups excluding carboxylic acids is 1. The van der Waals surface area contributed by atoms with Gasteiger partial charge in [0.25, 0.3) is 5.91 Å². The third-order valence-corrected chi connectivity index (χ3v) is 5.75. The molecule has 3 aromatic carbocycles. The number of thiocarbonyl (C=S) groups is 1. The first-order chi connectivity index (χ1) is 16.4. The summed E-state index contributed by atoms with van der Waals surface area (Å²) in [5.74, 6) is 0.826. The molecule has 4 aromatic rings. The number of ether oxygens (including phenoxy) is 1. The zero-order chi connectivity index (χ0) is 24.1. The lowest BCUT2D eigenvalue weighted by Gasteiger charge is -2.13. The van der Waals surface area contributed by atoms with Crippen LogP contribution in [-0.4, -0.2) is 17.5 Å². The topological polar surface area (TPSA) is 94.6 Å². The molecular formula is C27H24N2O4S. The van der Waals surface area contributed by atoms with Gasteiger partial charge in [-0.05, 0) is 54.3 Å². The fourth-order valence-electron chi connectivity index (χ4n) is 3.60. The number of benzene rings is 3. The molecular weight excluding hydrogens is 448 g/mol. The summed E-state index contributed by atoms with van der Waals surface area (Å²) in [4.78, 5) is 25.1. The van der Waals surface area contributed by atoms with E-state index in [9.17, 15) is 9.59 Å². The monoisotopic (exact) mass is 472 g/mol. The van der Waals surface area contributed by atoms with Gasteiger partial charge in [0.2, 0.25) is 0 Å². The minimum absolute atomic E-state index is 0.0334. The molecule has 0 radical (unpaired) electrons. The molecule has 1 unspecified atom stereocenters. The Kier molecular flexibility index (Phi) is 7.04. The second kappa shape index (κ2) is 10.3. The number of nitrogens with two attached hydrogens (primary N) is 1. The van der Waals surface area contributed by atoms with Crippen LogP contribution in [0, 0.1) is 0 Å². The second-order valence-corrected chi connectivity index (χ2v) is 8.39. The Balaban J connectivity index is 1.42. The van der Waals surface area contributed by atoms with E-state index >= 15 is 0 Å². The van der Waals surface area contributed by atoms with Crippen molar-refractivity contribution in [3.05, 3.63) is 106 Å². The van der Waals surface area contributed by atoms with Crippen molar-refractivity contribution in [2.45, 2.75) is 19.3 Å². The highest BCUT2D eigenvalue weighted by atomic mass is 32.1. The normalized spacial score (nSPS) is 11.7. The van der Waals surface area contributed by atoms with Gasteiger partial charge in [-0.1, -0.05) is 55.5 Å². The predicted octanol–water partition coefficient (Wildman–Crippen LogP) is 5.25. The van der Waals surface area contributed by atoms with Crippen LogP contribution in [0.1, 0.15) is 40.9 Å². The van der Waals surface area contributed by atoms with E-state index in [-0.39, 0.29) is 27.7 Å². The van der Waals surface area contributed by atoms with Crippen LogP contribution in [0.3, 0.4) is 0 Å². The van der Waals surface area contributed by atoms with Gasteiger partial charge in [-0.15, -0.1) is 0 Å². The van der Waals surface area contributed by atoms with Crippen molar-refractivity contribution >= 4 is 39.8 Å². The van der Waals surface area contributed by atoms with Gasteiger partial charge in [-0.25, -0.2) is 0 Å². The summed E-state index contributed by atoms with van der Waals surface area (Å²) in [5.41, 5.74) is 7.62. The Morgan fingerprint density at radius 2 is 1.79 bits per heavy atom. The van der Waals surface area contributed by atoms with Crippen molar-refractivity contribution in [1.82, 2.24) is 0 Å². The van der Waals surface area contributed by atoms with Crippen molar-refractivity contribution in [2.75, 3.05) is 11.9 Å². The van der Waals surface area contributed by atoms with E-state index in [1.54, 1.807) is 42.5 Å². The largest absolute Gasteiger partial charge is 0.494 e. The molecule has 0 saturated heterocycles. The van der Waals surface area contributed by atoms with Crippen LogP contribution in [0.15, 0.2) is 88.1 Å². The summed E-state index contributed by atoms with van der Waals surface area (Å²) in [7, 11) is 0. The van der Waals surface area contributed by atoms with Crippen molar-refractivity contribution in [3.63, 3.8) is 0 Å². The lowest BCUT2D eigenvalue weighted by atomic mass is 9.98. The standard InChI is InChI=1S/C27H24N2O4S/c1-17(18-6-3-2-4-7-18)14-15-32-20-12-10-19(11-13-20)27(31)29-22-9-5-8-21-23(30)16-24(26(28)34)33-25(21)22/h2-13,16-17H,14-15H2,1H3,(H2,28,34)(H,29,31). The smallest absolute Gasteiger partial charge is 0.255 e. The third-order valence-electron chi connectivity index (χ3n) is 5.55. The first-order valence-electron chi connectivity index (χ1n) is 10.9. The Morgan fingerprint density at radius 3 is 2.50 bits per heavy atom. The fraction of sp³-hybridized carbons (Fsp3) is 0.148. The van der Waals surface area contributed by atoms with E-state index in [4.69, 9.17) is 27.1 Å². The van der Waals surface area contributed by atoms with E-state index < -0.39 is 0 Å². The minimum Gasteiger partial charge on any atom is -0.494 e. The molecule has 1 heterocycles. The van der Waals surface area contributed by atoms with Crippen LogP contribution in [0.4, 0.5) is 5.69 Å². The molecule has 6 nitrogen and oxygen atoms in total. The molecule has 172 valence electrons. The zero-order valence-electron chi connectivity index (χ0n) is 18.6. The average molecular weight is 473 g/mol. The lowest BCUT2D eigenvalue weighted by molar-refractivity contribution is 0.102. The lowest BCUT2D eigenvalue weighted by Crippen LogP contribution is -2.15. The second-order valence-electron chi connectivity index (χ2n) is 7.95. The van der Waals surface area contributed by atoms with E-state index in [1.807, 2.05) is 18.2 Å². The Morgan fingerprint density at radius 1 is 1.06 bits per heavy atom. The molecule has 0 aliphatic rings. The molecule has 0 aliphatic carbocycles. The van der Waals surface area contributed by atoms with Crippen LogP contribution in [0.5, 0.6) is 5.75 Å². The first kappa shape index (κ1) is 23.2. The number of nitrogens with one attached hydrogen (secondary N) is 1. The molecule has 1 aromatic heterocycles. The number of hydrogen-bond donors (Lipinski definition) is 2. The third kappa shape index (κ3) is 5.32. The van der Waals surface area contributed by atoms with E-state index in [0.29, 0.717) is 34.9 Å². The summed E-state index contributed by atoms with van der Waals surface area (Å²) >= 11 is 4.92. The van der Waals surface area contributed by atoms with Crippen molar-refractivity contribution in [2.24, 2.45) is 5.73 Å². The summed E-state index contributed by atoms with van der Waals surface area (Å²) in [5, 5.41) is 3.12. The van der Waals surface area contributed by atoms with Gasteiger partial charge < -0.3 is 20.2 Å². The highest BCUT2D eigenvalue weighted by molar-refractivity contribution is 7.80. The molecule has 0 fully saturated rings. The van der Waals surface area contributed by atoms with Crippen molar-refractivity contribution < 1.29 is 13.9 Å². The number of anilines is 1. The van der Waals surface area contributed by atoms with E-state index in [2.05, 4.69) is 24.4 Å². The minimum atomic E-state index is -0.347. The molecule has 1 amide bonds. The molecule has 1 atom stereocenters. The summed E-state index contributed by atoms with van der Waals surface area (Å²) < 4.78 is 11.5. The maximum atomic E-state index is 12.8. The molecule has 7 heteroatoms. The molecule has 0 aliphatic heterocycles. The molecule has 0 spiro atoms. The highest BCUT2D eigenvalue weighted by Crippen LogP contribution is 2.24. The predicted molar refractivity (Wildman–Crippen MR) is 138 cm³/mol. The van der Waals surface area contributed by atoms with Gasteiger partial charge >= 0.3 is 0 Å². The van der Waals surface area contributed by atoms with Crippen LogP contribution >= 0.6 is 12.2 Å². The van der Waals surface area contributed by atoms with Gasteiger partial charge in [-0.2, -0.15) is 0 Å². The Labute approximate surface area is 202 Å². The summed E-state index contributed by atoms with van der Waals surface area (Å²) in [6, 6.07) is 23.4. The maximum absolute atomic E-state index is 12.8. The maximum Gasteiger partial charge on any atom is 0.255 e.